The van der Waals surface area contributed by atoms with Gasteiger partial charge in [-0.05, 0) is 39.5 Å². The maximum Gasteiger partial charge on any atom is 0.138 e. The van der Waals surface area contributed by atoms with Crippen molar-refractivity contribution in [1.29, 1.82) is 0 Å². The molecule has 5 heteroatoms. The Labute approximate surface area is 146 Å². The molecule has 0 aliphatic heterocycles. The Bertz CT molecular complexity index is 1010. The van der Waals surface area contributed by atoms with Gasteiger partial charge in [-0.25, -0.2) is 4.98 Å². The molecule has 0 saturated carbocycles. The average Bonchev–Trinajstić information content (AvgIpc) is 2.89. The van der Waals surface area contributed by atoms with Crippen LogP contribution in [0.3, 0.4) is 0 Å². The van der Waals surface area contributed by atoms with E-state index in [4.69, 9.17) is 16.3 Å². The number of rotatable bonds is 3. The Hall–Kier alpha value is -2.04. The smallest absolute Gasteiger partial charge is 0.138 e. The molecule has 0 unspecified atom stereocenters. The Kier molecular flexibility index (Phi) is 3.71. The number of benzene rings is 2. The van der Waals surface area contributed by atoms with Gasteiger partial charge in [0.05, 0.1) is 5.02 Å². The van der Waals surface area contributed by atoms with Gasteiger partial charge in [-0.15, -0.1) is 0 Å². The van der Waals surface area contributed by atoms with E-state index in [-0.39, 0.29) is 0 Å². The molecule has 0 atom stereocenters. The van der Waals surface area contributed by atoms with E-state index >= 15 is 0 Å². The maximum absolute atomic E-state index is 6.04. The first-order valence-electron chi connectivity index (χ1n) is 7.15. The van der Waals surface area contributed by atoms with Gasteiger partial charge in [0, 0.05) is 11.6 Å². The monoisotopic (exact) mass is 386 g/mol. The summed E-state index contributed by atoms with van der Waals surface area (Å²) in [5, 5.41) is 2.92. The lowest BCUT2D eigenvalue weighted by Gasteiger charge is -2.08. The quantitative estimate of drug-likeness (QED) is 0.465. The van der Waals surface area contributed by atoms with Gasteiger partial charge in [0.25, 0.3) is 0 Å². The molecular weight excluding hydrogens is 376 g/mol. The number of ether oxygens (including phenoxy) is 1. The summed E-state index contributed by atoms with van der Waals surface area (Å²) in [4.78, 5) is 4.58. The van der Waals surface area contributed by atoms with Crippen LogP contribution in [-0.4, -0.2) is 9.38 Å². The third-order valence-electron chi connectivity index (χ3n) is 3.70. The van der Waals surface area contributed by atoms with Gasteiger partial charge >= 0.3 is 0 Å². The Balaban J connectivity index is 1.67. The van der Waals surface area contributed by atoms with Crippen molar-refractivity contribution in [3.8, 4) is 5.75 Å². The summed E-state index contributed by atoms with van der Waals surface area (Å²) in [7, 11) is 0. The molecule has 2 heterocycles. The van der Waals surface area contributed by atoms with Crippen LogP contribution in [0.4, 0.5) is 0 Å². The molecule has 4 rings (SSSR count). The molecule has 0 radical (unpaired) electrons. The van der Waals surface area contributed by atoms with Gasteiger partial charge in [0.15, 0.2) is 0 Å². The molecular formula is C18H12BrClN2O. The second-order valence-corrected chi connectivity index (χ2v) is 6.38. The van der Waals surface area contributed by atoms with Crippen LogP contribution in [0, 0.1) is 0 Å². The van der Waals surface area contributed by atoms with E-state index in [9.17, 15) is 0 Å². The minimum Gasteiger partial charge on any atom is -0.487 e. The van der Waals surface area contributed by atoms with Crippen LogP contribution in [0.5, 0.6) is 5.75 Å². The summed E-state index contributed by atoms with van der Waals surface area (Å²) in [5.74, 6) is 0.852. The molecule has 4 aromatic rings. The van der Waals surface area contributed by atoms with Gasteiger partial charge in [0.1, 0.15) is 28.3 Å². The van der Waals surface area contributed by atoms with Crippen LogP contribution in [0.1, 0.15) is 5.69 Å². The zero-order valence-electron chi connectivity index (χ0n) is 12.0. The first-order chi connectivity index (χ1) is 11.2. The van der Waals surface area contributed by atoms with Crippen molar-refractivity contribution in [2.24, 2.45) is 0 Å². The van der Waals surface area contributed by atoms with E-state index in [1.54, 1.807) is 0 Å². The zero-order chi connectivity index (χ0) is 15.8. The van der Waals surface area contributed by atoms with Crippen molar-refractivity contribution in [3.63, 3.8) is 0 Å². The van der Waals surface area contributed by atoms with Crippen molar-refractivity contribution < 1.29 is 4.74 Å². The maximum atomic E-state index is 6.04. The molecule has 0 amide bonds. The number of halogens is 2. The predicted octanol–water partition coefficient (Wildman–Crippen LogP) is 5.48. The third kappa shape index (κ3) is 2.69. The Morgan fingerprint density at radius 3 is 2.78 bits per heavy atom. The van der Waals surface area contributed by atoms with Crippen LogP contribution in [0.2, 0.25) is 5.02 Å². The number of fused-ring (bicyclic) bond motifs is 2. The van der Waals surface area contributed by atoms with E-state index in [2.05, 4.69) is 39.1 Å². The molecule has 2 aromatic carbocycles. The first kappa shape index (κ1) is 14.5. The topological polar surface area (TPSA) is 26.5 Å². The minimum atomic E-state index is 0.383. The molecule has 23 heavy (non-hydrogen) atoms. The van der Waals surface area contributed by atoms with Gasteiger partial charge in [-0.2, -0.15) is 0 Å². The predicted molar refractivity (Wildman–Crippen MR) is 96.2 cm³/mol. The summed E-state index contributed by atoms with van der Waals surface area (Å²) >= 11 is 9.61. The number of imidazole rings is 1. The normalized spacial score (nSPS) is 11.2. The second kappa shape index (κ2) is 5.87. The van der Waals surface area contributed by atoms with Crippen molar-refractivity contribution in [2.45, 2.75) is 6.61 Å². The van der Waals surface area contributed by atoms with Crippen molar-refractivity contribution in [1.82, 2.24) is 9.38 Å². The molecule has 0 spiro atoms. The van der Waals surface area contributed by atoms with E-state index in [0.29, 0.717) is 11.6 Å². The zero-order valence-corrected chi connectivity index (χ0v) is 14.4. The van der Waals surface area contributed by atoms with Crippen molar-refractivity contribution >= 4 is 44.0 Å². The summed E-state index contributed by atoms with van der Waals surface area (Å²) in [6.07, 6.45) is 1.83. The molecule has 0 aliphatic carbocycles. The number of hydrogen-bond donors (Lipinski definition) is 0. The lowest BCUT2D eigenvalue weighted by atomic mass is 10.1. The highest BCUT2D eigenvalue weighted by Crippen LogP contribution is 2.27. The van der Waals surface area contributed by atoms with E-state index in [1.807, 2.05) is 47.0 Å². The number of pyridine rings is 1. The molecule has 114 valence electrons. The lowest BCUT2D eigenvalue weighted by molar-refractivity contribution is 0.305. The highest BCUT2D eigenvalue weighted by Gasteiger charge is 2.11. The molecule has 2 aromatic heterocycles. The van der Waals surface area contributed by atoms with Crippen LogP contribution >= 0.6 is 27.5 Å². The summed E-state index contributed by atoms with van der Waals surface area (Å²) in [6, 6.07) is 17.9. The van der Waals surface area contributed by atoms with E-state index in [1.165, 1.54) is 0 Å². The molecule has 0 bridgehead atoms. The fourth-order valence-electron chi connectivity index (χ4n) is 2.60. The molecule has 0 aliphatic rings. The summed E-state index contributed by atoms with van der Waals surface area (Å²) < 4.78 is 8.77. The number of hydrogen-bond acceptors (Lipinski definition) is 2. The SMILES string of the molecule is Clc1ccc2nc(COc3cccc4ccccc34)c(Br)n2c1. The summed E-state index contributed by atoms with van der Waals surface area (Å²) in [6.45, 7) is 0.383. The van der Waals surface area contributed by atoms with Gasteiger partial charge in [0.2, 0.25) is 0 Å². The van der Waals surface area contributed by atoms with Crippen LogP contribution in [0.25, 0.3) is 16.4 Å². The van der Waals surface area contributed by atoms with Gasteiger partial charge in [-0.3, -0.25) is 4.40 Å². The fourth-order valence-corrected chi connectivity index (χ4v) is 3.25. The average molecular weight is 388 g/mol. The first-order valence-corrected chi connectivity index (χ1v) is 8.32. The molecule has 0 saturated heterocycles. The highest BCUT2D eigenvalue weighted by atomic mass is 79.9. The van der Waals surface area contributed by atoms with E-state index in [0.717, 1.165) is 32.5 Å². The van der Waals surface area contributed by atoms with Crippen molar-refractivity contribution in [3.05, 3.63) is 76.1 Å². The lowest BCUT2D eigenvalue weighted by Crippen LogP contribution is -1.97. The van der Waals surface area contributed by atoms with E-state index < -0.39 is 0 Å². The van der Waals surface area contributed by atoms with Crippen molar-refractivity contribution in [2.75, 3.05) is 0 Å². The van der Waals surface area contributed by atoms with Crippen LogP contribution in [0.15, 0.2) is 65.4 Å². The summed E-state index contributed by atoms with van der Waals surface area (Å²) in [5.41, 5.74) is 1.66. The number of nitrogens with zero attached hydrogens (tertiary/aromatic N) is 2. The molecule has 0 N–H and O–H groups in total. The van der Waals surface area contributed by atoms with Crippen LogP contribution in [-0.2, 0) is 6.61 Å². The molecule has 3 nitrogen and oxygen atoms in total. The van der Waals surface area contributed by atoms with Gasteiger partial charge < -0.3 is 4.74 Å². The van der Waals surface area contributed by atoms with Gasteiger partial charge in [-0.1, -0.05) is 48.0 Å². The third-order valence-corrected chi connectivity index (χ3v) is 4.77. The molecule has 0 fully saturated rings. The second-order valence-electron chi connectivity index (χ2n) is 5.19. The minimum absolute atomic E-state index is 0.383. The Morgan fingerprint density at radius 2 is 1.87 bits per heavy atom. The fraction of sp³-hybridized carbons (Fsp3) is 0.0556. The standard InChI is InChI=1S/C18H12BrClN2O/c19-18-15(21-17-9-8-13(20)10-22(17)18)11-23-16-7-3-5-12-4-1-2-6-14(12)16/h1-10H,11H2. The largest absolute Gasteiger partial charge is 0.487 e. The number of aromatic nitrogens is 2. The van der Waals surface area contributed by atoms with Crippen LogP contribution < -0.4 is 4.74 Å². The highest BCUT2D eigenvalue weighted by molar-refractivity contribution is 9.10. The Morgan fingerprint density at radius 1 is 1.04 bits per heavy atom.